The Hall–Kier alpha value is -2.87. The van der Waals surface area contributed by atoms with Crippen LogP contribution in [0.15, 0.2) is 35.4 Å². The molecule has 1 aliphatic heterocycles. The minimum Gasteiger partial charge on any atom is -0.508 e. The van der Waals surface area contributed by atoms with Gasteiger partial charge in [0.15, 0.2) is 0 Å². The Kier molecular flexibility index (Phi) is 5.75. The number of rotatable bonds is 5. The first-order chi connectivity index (χ1) is 15.2. The van der Waals surface area contributed by atoms with E-state index in [-0.39, 0.29) is 43.5 Å². The fraction of sp³-hybridized carbons (Fsp3) is 0.542. The molecule has 8 heteroatoms. The molecule has 1 aromatic rings. The van der Waals surface area contributed by atoms with Gasteiger partial charge in [0.1, 0.15) is 25.1 Å². The Balaban J connectivity index is 1.77. The number of hydrogen-bond acceptors (Lipinski definition) is 8. The fourth-order valence-electron chi connectivity index (χ4n) is 5.90. The van der Waals surface area contributed by atoms with E-state index in [1.807, 2.05) is 6.92 Å². The molecular formula is C24H28O8. The lowest BCUT2D eigenvalue weighted by Gasteiger charge is -2.57. The highest BCUT2D eigenvalue weighted by Gasteiger charge is 2.62. The lowest BCUT2D eigenvalue weighted by molar-refractivity contribution is -0.159. The SMILES string of the molecule is CC(=O)OCC12CCCC(C)(CO)C1C(OC(=O)c1ccc(O)cc1)CC1=C2COC1=O. The van der Waals surface area contributed by atoms with Gasteiger partial charge in [-0.05, 0) is 48.1 Å². The second-order valence-electron chi connectivity index (χ2n) is 9.31. The fourth-order valence-corrected chi connectivity index (χ4v) is 5.90. The van der Waals surface area contributed by atoms with Crippen molar-refractivity contribution in [3.63, 3.8) is 0 Å². The van der Waals surface area contributed by atoms with Gasteiger partial charge in [-0.25, -0.2) is 9.59 Å². The smallest absolute Gasteiger partial charge is 0.338 e. The van der Waals surface area contributed by atoms with Gasteiger partial charge >= 0.3 is 17.9 Å². The number of aliphatic hydroxyl groups is 1. The summed E-state index contributed by atoms with van der Waals surface area (Å²) in [5.41, 5.74) is 0.164. The summed E-state index contributed by atoms with van der Waals surface area (Å²) in [6, 6.07) is 5.73. The Bertz CT molecular complexity index is 965. The van der Waals surface area contributed by atoms with Gasteiger partial charge in [-0.1, -0.05) is 13.3 Å². The highest BCUT2D eigenvalue weighted by Crippen LogP contribution is 2.61. The zero-order chi connectivity index (χ0) is 23.1. The minimum absolute atomic E-state index is 0.0308. The van der Waals surface area contributed by atoms with Crippen LogP contribution in [0.25, 0.3) is 0 Å². The van der Waals surface area contributed by atoms with E-state index in [2.05, 4.69) is 0 Å². The van der Waals surface area contributed by atoms with Gasteiger partial charge in [0, 0.05) is 36.9 Å². The molecule has 8 nitrogen and oxygen atoms in total. The number of phenolic OH excluding ortho intramolecular Hbond substituents is 1. The summed E-state index contributed by atoms with van der Waals surface area (Å²) < 4.78 is 16.8. The van der Waals surface area contributed by atoms with Crippen molar-refractivity contribution < 1.29 is 38.8 Å². The molecule has 0 saturated heterocycles. The molecule has 1 saturated carbocycles. The number of aliphatic hydroxyl groups excluding tert-OH is 1. The number of cyclic esters (lactones) is 1. The maximum absolute atomic E-state index is 13.0. The lowest BCUT2D eigenvalue weighted by Crippen LogP contribution is -2.58. The van der Waals surface area contributed by atoms with Gasteiger partial charge in [-0.2, -0.15) is 0 Å². The van der Waals surface area contributed by atoms with Crippen LogP contribution in [-0.2, 0) is 23.8 Å². The van der Waals surface area contributed by atoms with E-state index in [4.69, 9.17) is 14.2 Å². The third-order valence-electron chi connectivity index (χ3n) is 7.31. The van der Waals surface area contributed by atoms with Crippen LogP contribution in [0.3, 0.4) is 0 Å². The molecule has 1 fully saturated rings. The van der Waals surface area contributed by atoms with Gasteiger partial charge in [0.2, 0.25) is 0 Å². The number of carbonyl (C=O) groups is 3. The predicted molar refractivity (Wildman–Crippen MR) is 112 cm³/mol. The number of fused-ring (bicyclic) bond motifs is 2. The van der Waals surface area contributed by atoms with E-state index in [1.54, 1.807) is 0 Å². The first-order valence-electron chi connectivity index (χ1n) is 10.8. The van der Waals surface area contributed by atoms with E-state index in [1.165, 1.54) is 31.2 Å². The van der Waals surface area contributed by atoms with Crippen molar-refractivity contribution in [2.24, 2.45) is 16.7 Å². The number of hydrogen-bond donors (Lipinski definition) is 2. The molecule has 4 unspecified atom stereocenters. The number of carbonyl (C=O) groups excluding carboxylic acids is 3. The van der Waals surface area contributed by atoms with E-state index in [0.29, 0.717) is 18.4 Å². The molecule has 0 aromatic heterocycles. The largest absolute Gasteiger partial charge is 0.508 e. The monoisotopic (exact) mass is 444 g/mol. The molecule has 0 spiro atoms. The molecule has 2 aliphatic carbocycles. The average molecular weight is 444 g/mol. The molecule has 0 radical (unpaired) electrons. The number of phenols is 1. The summed E-state index contributed by atoms with van der Waals surface area (Å²) in [6.07, 6.45) is 1.57. The first-order valence-corrected chi connectivity index (χ1v) is 10.8. The Labute approximate surface area is 186 Å². The zero-order valence-electron chi connectivity index (χ0n) is 18.3. The number of aromatic hydroxyl groups is 1. The highest BCUT2D eigenvalue weighted by atomic mass is 16.6. The average Bonchev–Trinajstić information content (AvgIpc) is 3.14. The van der Waals surface area contributed by atoms with Crippen LogP contribution in [0.5, 0.6) is 5.75 Å². The third kappa shape index (κ3) is 3.66. The summed E-state index contributed by atoms with van der Waals surface area (Å²) in [7, 11) is 0. The second kappa shape index (κ2) is 8.24. The molecule has 4 atom stereocenters. The number of benzene rings is 1. The van der Waals surface area contributed by atoms with Gasteiger partial charge in [-0.15, -0.1) is 0 Å². The quantitative estimate of drug-likeness (QED) is 0.525. The van der Waals surface area contributed by atoms with Gasteiger partial charge in [0.25, 0.3) is 0 Å². The molecule has 2 N–H and O–H groups in total. The van der Waals surface area contributed by atoms with Crippen molar-refractivity contribution in [1.82, 2.24) is 0 Å². The molecule has 0 bridgehead atoms. The lowest BCUT2D eigenvalue weighted by atomic mass is 9.48. The predicted octanol–water partition coefficient (Wildman–Crippen LogP) is 2.52. The van der Waals surface area contributed by atoms with Crippen molar-refractivity contribution in [2.75, 3.05) is 19.8 Å². The van der Waals surface area contributed by atoms with Gasteiger partial charge < -0.3 is 24.4 Å². The first kappa shape index (κ1) is 22.3. The topological polar surface area (TPSA) is 119 Å². The van der Waals surface area contributed by atoms with E-state index >= 15 is 0 Å². The van der Waals surface area contributed by atoms with Crippen molar-refractivity contribution in [1.29, 1.82) is 0 Å². The summed E-state index contributed by atoms with van der Waals surface area (Å²) in [4.78, 5) is 37.2. The Morgan fingerprint density at radius 2 is 1.94 bits per heavy atom. The molecule has 172 valence electrons. The standard InChI is InChI=1S/C24H28O8/c1-14(26)31-13-24-9-3-8-23(2,12-25)20(24)19(10-17-18(24)11-30-22(17)29)32-21(28)15-4-6-16(27)7-5-15/h4-7,19-20,25,27H,3,8-13H2,1-2H3. The van der Waals surface area contributed by atoms with Crippen molar-refractivity contribution in [3.8, 4) is 5.75 Å². The van der Waals surface area contributed by atoms with Crippen molar-refractivity contribution >= 4 is 17.9 Å². The summed E-state index contributed by atoms with van der Waals surface area (Å²) >= 11 is 0. The summed E-state index contributed by atoms with van der Waals surface area (Å²) in [6.45, 7) is 3.29. The molecule has 3 aliphatic rings. The van der Waals surface area contributed by atoms with E-state index in [9.17, 15) is 24.6 Å². The normalized spacial score (nSPS) is 31.4. The van der Waals surface area contributed by atoms with E-state index < -0.39 is 34.8 Å². The molecule has 0 amide bonds. The van der Waals surface area contributed by atoms with Crippen molar-refractivity contribution in [2.45, 2.75) is 45.6 Å². The molecule has 4 rings (SSSR count). The Morgan fingerprint density at radius 3 is 2.59 bits per heavy atom. The maximum Gasteiger partial charge on any atom is 0.338 e. The van der Waals surface area contributed by atoms with Crippen LogP contribution in [0.2, 0.25) is 0 Å². The zero-order valence-corrected chi connectivity index (χ0v) is 18.3. The minimum atomic E-state index is -0.763. The highest BCUT2D eigenvalue weighted by molar-refractivity contribution is 5.93. The van der Waals surface area contributed by atoms with Crippen LogP contribution in [0.1, 0.15) is 49.9 Å². The summed E-state index contributed by atoms with van der Waals surface area (Å²) in [5.74, 6) is -1.81. The van der Waals surface area contributed by atoms with Crippen LogP contribution in [0.4, 0.5) is 0 Å². The van der Waals surface area contributed by atoms with E-state index in [0.717, 1.165) is 12.0 Å². The molecule has 32 heavy (non-hydrogen) atoms. The van der Waals surface area contributed by atoms with Crippen molar-refractivity contribution in [3.05, 3.63) is 41.0 Å². The summed E-state index contributed by atoms with van der Waals surface area (Å²) in [5, 5.41) is 19.9. The van der Waals surface area contributed by atoms with Crippen LogP contribution in [0, 0.1) is 16.7 Å². The molecule has 1 heterocycles. The third-order valence-corrected chi connectivity index (χ3v) is 7.31. The second-order valence-corrected chi connectivity index (χ2v) is 9.31. The van der Waals surface area contributed by atoms with Crippen LogP contribution >= 0.6 is 0 Å². The molecular weight excluding hydrogens is 416 g/mol. The maximum atomic E-state index is 13.0. The Morgan fingerprint density at radius 1 is 1.22 bits per heavy atom. The van der Waals surface area contributed by atoms with Gasteiger partial charge in [0.05, 0.1) is 5.56 Å². The molecule has 1 aromatic carbocycles. The van der Waals surface area contributed by atoms with Crippen LogP contribution < -0.4 is 0 Å². The van der Waals surface area contributed by atoms with Crippen LogP contribution in [-0.4, -0.2) is 54.0 Å². The number of ether oxygens (including phenoxy) is 3. The van der Waals surface area contributed by atoms with Gasteiger partial charge in [-0.3, -0.25) is 4.79 Å². The number of esters is 3.